The third-order valence-corrected chi connectivity index (χ3v) is 4.58. The van der Waals surface area contributed by atoms with Crippen molar-refractivity contribution in [1.82, 2.24) is 0 Å². The molecular weight excluding hydrogens is 194 g/mol. The van der Waals surface area contributed by atoms with E-state index in [1.807, 2.05) is 11.8 Å². The normalized spacial score (nSPS) is 12.1. The molecule has 0 aromatic heterocycles. The number of rotatable bonds is 7. The number of hydrogen-bond donors (Lipinski definition) is 0. The van der Waals surface area contributed by atoms with Gasteiger partial charge in [-0.1, -0.05) is 34.6 Å². The molecule has 0 aliphatic heterocycles. The summed E-state index contributed by atoms with van der Waals surface area (Å²) in [5, 5.41) is 3.01. The minimum atomic E-state index is -0.0904. The molecular formula is C12H26BLiS. The fourth-order valence-electron chi connectivity index (χ4n) is 1.92. The summed E-state index contributed by atoms with van der Waals surface area (Å²) in [5.74, 6) is 0. The molecule has 0 nitrogen and oxygen atoms in total. The van der Waals surface area contributed by atoms with Crippen LogP contribution in [0.2, 0.25) is 25.3 Å². The summed E-state index contributed by atoms with van der Waals surface area (Å²) in [6.07, 6.45) is 7.70. The molecule has 15 heavy (non-hydrogen) atoms. The minimum absolute atomic E-state index is 0. The molecule has 0 amide bonds. The second kappa shape index (κ2) is 9.94. The Morgan fingerprint density at radius 3 is 1.87 bits per heavy atom. The average Bonchev–Trinajstić information content (AvgIpc) is 2.19. The van der Waals surface area contributed by atoms with Crippen LogP contribution in [0.25, 0.3) is 0 Å². The number of hydrogen-bond acceptors (Lipinski definition) is 1. The summed E-state index contributed by atoms with van der Waals surface area (Å²) in [4.78, 5) is 0. The van der Waals surface area contributed by atoms with Crippen LogP contribution >= 0.6 is 11.8 Å². The second-order valence-corrected chi connectivity index (χ2v) is 6.24. The molecule has 0 aromatic carbocycles. The van der Waals surface area contributed by atoms with Crippen molar-refractivity contribution >= 4 is 17.9 Å². The molecule has 0 saturated carbocycles. The molecule has 0 heterocycles. The maximum atomic E-state index is 2.39. The maximum absolute atomic E-state index is 2.39. The molecule has 0 spiro atoms. The molecule has 0 radical (unpaired) electrons. The quantitative estimate of drug-likeness (QED) is 0.592. The first-order valence-electron chi connectivity index (χ1n) is 6.12. The largest absolute Gasteiger partial charge is 1.00 e. The van der Waals surface area contributed by atoms with E-state index in [0.717, 1.165) is 5.25 Å². The van der Waals surface area contributed by atoms with Gasteiger partial charge in [-0.3, -0.25) is 0 Å². The van der Waals surface area contributed by atoms with E-state index in [0.29, 0.717) is 0 Å². The van der Waals surface area contributed by atoms with Crippen molar-refractivity contribution < 1.29 is 18.9 Å². The summed E-state index contributed by atoms with van der Waals surface area (Å²) in [6, 6.07) is 0. The van der Waals surface area contributed by atoms with Crippen LogP contribution < -0.4 is 18.9 Å². The molecule has 0 fully saturated rings. The SMILES string of the molecule is CC[B-](CC)(CC)C/C=C/SC(C)C.[Li+]. The Morgan fingerprint density at radius 2 is 1.53 bits per heavy atom. The van der Waals surface area contributed by atoms with Gasteiger partial charge in [-0.25, -0.2) is 0 Å². The monoisotopic (exact) mass is 220 g/mol. The molecule has 0 aliphatic carbocycles. The van der Waals surface area contributed by atoms with Crippen molar-refractivity contribution in [3.63, 3.8) is 0 Å². The minimum Gasteiger partial charge on any atom is -0.181 e. The number of allylic oxidation sites excluding steroid dienone is 1. The molecule has 0 bridgehead atoms. The first-order valence-corrected chi connectivity index (χ1v) is 7.06. The fourth-order valence-corrected chi connectivity index (χ4v) is 2.46. The van der Waals surface area contributed by atoms with Crippen LogP contribution in [0.1, 0.15) is 34.6 Å². The van der Waals surface area contributed by atoms with Crippen molar-refractivity contribution in [2.45, 2.75) is 65.1 Å². The third-order valence-electron chi connectivity index (χ3n) is 3.68. The Kier molecular flexibility index (Phi) is 12.0. The molecule has 84 valence electrons. The fraction of sp³-hybridized carbons (Fsp3) is 0.833. The zero-order valence-electron chi connectivity index (χ0n) is 11.5. The predicted molar refractivity (Wildman–Crippen MR) is 73.9 cm³/mol. The standard InChI is InChI=1S/C12H26BS.Li/c1-6-13(7-2,8-3)10-9-11-14-12(4)5;/h9,11-12H,6-8,10H2,1-5H3;/q-1;+1/b11-9+;. The first-order chi connectivity index (χ1) is 6.60. The van der Waals surface area contributed by atoms with Gasteiger partial charge in [0.25, 0.3) is 0 Å². The smallest absolute Gasteiger partial charge is 0.181 e. The molecule has 0 N–H and O–H groups in total. The van der Waals surface area contributed by atoms with Crippen molar-refractivity contribution in [3.05, 3.63) is 11.5 Å². The van der Waals surface area contributed by atoms with Gasteiger partial charge in [0.2, 0.25) is 0 Å². The second-order valence-electron chi connectivity index (χ2n) is 4.75. The molecule has 0 saturated heterocycles. The van der Waals surface area contributed by atoms with E-state index >= 15 is 0 Å². The Balaban J connectivity index is 0. The summed E-state index contributed by atoms with van der Waals surface area (Å²) in [6.45, 7) is 11.5. The van der Waals surface area contributed by atoms with E-state index in [1.165, 1.54) is 25.3 Å². The van der Waals surface area contributed by atoms with Gasteiger partial charge in [0.1, 0.15) is 0 Å². The van der Waals surface area contributed by atoms with Crippen molar-refractivity contribution in [2.24, 2.45) is 0 Å². The van der Waals surface area contributed by atoms with Crippen LogP contribution in [0, 0.1) is 0 Å². The summed E-state index contributed by atoms with van der Waals surface area (Å²) >= 11 is 1.93. The predicted octanol–water partition coefficient (Wildman–Crippen LogP) is 2.15. The Morgan fingerprint density at radius 1 is 1.07 bits per heavy atom. The maximum Gasteiger partial charge on any atom is 1.00 e. The van der Waals surface area contributed by atoms with Crippen molar-refractivity contribution in [1.29, 1.82) is 0 Å². The van der Waals surface area contributed by atoms with Gasteiger partial charge in [-0.15, -0.1) is 17.8 Å². The van der Waals surface area contributed by atoms with Crippen LogP contribution in [-0.2, 0) is 0 Å². The van der Waals surface area contributed by atoms with Gasteiger partial charge in [0.15, 0.2) is 0 Å². The topological polar surface area (TPSA) is 0 Å². The van der Waals surface area contributed by atoms with Gasteiger partial charge in [0, 0.05) is 11.4 Å². The molecule has 0 aromatic rings. The zero-order chi connectivity index (χ0) is 11.0. The van der Waals surface area contributed by atoms with Crippen LogP contribution in [-0.4, -0.2) is 11.4 Å². The van der Waals surface area contributed by atoms with Gasteiger partial charge < -0.3 is 0 Å². The third kappa shape index (κ3) is 7.61. The van der Waals surface area contributed by atoms with Gasteiger partial charge >= 0.3 is 18.9 Å². The van der Waals surface area contributed by atoms with Crippen LogP contribution in [0.15, 0.2) is 11.5 Å². The van der Waals surface area contributed by atoms with E-state index in [2.05, 4.69) is 46.1 Å². The van der Waals surface area contributed by atoms with Crippen molar-refractivity contribution in [2.75, 3.05) is 0 Å². The van der Waals surface area contributed by atoms with E-state index in [4.69, 9.17) is 0 Å². The van der Waals surface area contributed by atoms with E-state index in [1.54, 1.807) is 0 Å². The molecule has 0 unspecified atom stereocenters. The first kappa shape index (κ1) is 18.1. The summed E-state index contributed by atoms with van der Waals surface area (Å²) < 4.78 is 0. The number of thioether (sulfide) groups is 1. The summed E-state index contributed by atoms with van der Waals surface area (Å²) in [5.41, 5.74) is 0. The molecule has 0 aliphatic rings. The van der Waals surface area contributed by atoms with Crippen LogP contribution in [0.4, 0.5) is 0 Å². The van der Waals surface area contributed by atoms with E-state index < -0.39 is 0 Å². The van der Waals surface area contributed by atoms with Gasteiger partial charge in [-0.05, 0) is 5.41 Å². The van der Waals surface area contributed by atoms with Gasteiger partial charge in [-0.2, -0.15) is 25.3 Å². The van der Waals surface area contributed by atoms with Crippen LogP contribution in [0.3, 0.4) is 0 Å². The molecule has 0 rings (SSSR count). The van der Waals surface area contributed by atoms with Crippen molar-refractivity contribution in [3.8, 4) is 0 Å². The van der Waals surface area contributed by atoms with Crippen LogP contribution in [0.5, 0.6) is 0 Å². The average molecular weight is 220 g/mol. The Bertz CT molecular complexity index is 157. The van der Waals surface area contributed by atoms with Gasteiger partial charge in [0.05, 0.1) is 0 Å². The Labute approximate surface area is 113 Å². The molecule has 0 atom stereocenters. The Hall–Kier alpha value is 0.752. The molecule has 3 heteroatoms. The zero-order valence-corrected chi connectivity index (χ0v) is 12.4. The summed E-state index contributed by atoms with van der Waals surface area (Å²) in [7, 11) is 0. The van der Waals surface area contributed by atoms with E-state index in [-0.39, 0.29) is 25.0 Å². The van der Waals surface area contributed by atoms with E-state index in [9.17, 15) is 0 Å².